The van der Waals surface area contributed by atoms with E-state index in [2.05, 4.69) is 26.1 Å². The van der Waals surface area contributed by atoms with Gasteiger partial charge in [-0.05, 0) is 25.2 Å². The summed E-state index contributed by atoms with van der Waals surface area (Å²) in [4.78, 5) is 0. The van der Waals surface area contributed by atoms with Crippen LogP contribution >= 0.6 is 0 Å². The molecule has 0 unspecified atom stereocenters. The minimum Gasteiger partial charge on any atom is -0.377 e. The molecule has 0 aromatic heterocycles. The molecule has 0 aromatic rings. The minimum atomic E-state index is 0.477. The average molecular weight is 199 g/mol. The van der Waals surface area contributed by atoms with Crippen LogP contribution in [-0.2, 0) is 4.74 Å². The van der Waals surface area contributed by atoms with Gasteiger partial charge in [0.05, 0.1) is 6.10 Å². The molecular weight excluding hydrogens is 174 g/mol. The second-order valence-electron chi connectivity index (χ2n) is 4.80. The van der Waals surface area contributed by atoms with Crippen LogP contribution in [0.1, 0.15) is 46.5 Å². The molecule has 2 heteroatoms. The number of hydrogen-bond acceptors (Lipinski definition) is 2. The van der Waals surface area contributed by atoms with Crippen molar-refractivity contribution in [3.05, 3.63) is 0 Å². The van der Waals surface area contributed by atoms with E-state index < -0.39 is 0 Å². The highest BCUT2D eigenvalue weighted by Gasteiger charge is 2.23. The number of hydrogen-bond donors (Lipinski definition) is 1. The van der Waals surface area contributed by atoms with Crippen molar-refractivity contribution < 1.29 is 4.74 Å². The highest BCUT2D eigenvalue weighted by molar-refractivity contribution is 4.81. The molecule has 1 aliphatic rings. The molecule has 1 saturated heterocycles. The van der Waals surface area contributed by atoms with Crippen molar-refractivity contribution in [2.24, 2.45) is 5.92 Å². The molecule has 2 atom stereocenters. The normalized spacial score (nSPS) is 27.4. The van der Waals surface area contributed by atoms with E-state index >= 15 is 0 Å². The molecule has 0 radical (unpaired) electrons. The zero-order chi connectivity index (χ0) is 10.4. The maximum atomic E-state index is 5.83. The maximum absolute atomic E-state index is 5.83. The molecule has 1 fully saturated rings. The van der Waals surface area contributed by atoms with Gasteiger partial charge >= 0.3 is 0 Å². The summed E-state index contributed by atoms with van der Waals surface area (Å²) in [5.74, 6) is 0.760. The Balaban J connectivity index is 2.04. The Hall–Kier alpha value is -0.0800. The summed E-state index contributed by atoms with van der Waals surface area (Å²) < 4.78 is 5.83. The average Bonchev–Trinajstić information content (AvgIpc) is 2.53. The first-order chi connectivity index (χ1) is 6.72. The van der Waals surface area contributed by atoms with Crippen molar-refractivity contribution >= 4 is 0 Å². The molecule has 1 aliphatic heterocycles. The lowest BCUT2D eigenvalue weighted by atomic mass is 10.1. The smallest absolute Gasteiger partial charge is 0.0714 e. The first-order valence-electron chi connectivity index (χ1n) is 6.07. The van der Waals surface area contributed by atoms with Crippen molar-refractivity contribution in [1.82, 2.24) is 5.32 Å². The molecule has 0 bridgehead atoms. The fourth-order valence-electron chi connectivity index (χ4n) is 1.95. The Labute approximate surface area is 88.4 Å². The van der Waals surface area contributed by atoms with Gasteiger partial charge in [0, 0.05) is 19.2 Å². The largest absolute Gasteiger partial charge is 0.377 e. The monoisotopic (exact) mass is 199 g/mol. The van der Waals surface area contributed by atoms with Gasteiger partial charge in [-0.2, -0.15) is 0 Å². The van der Waals surface area contributed by atoms with Crippen LogP contribution in [0.2, 0.25) is 0 Å². The van der Waals surface area contributed by atoms with Gasteiger partial charge in [-0.1, -0.05) is 27.2 Å². The number of ether oxygens (including phenoxy) is 1. The van der Waals surface area contributed by atoms with E-state index in [1.54, 1.807) is 0 Å². The van der Waals surface area contributed by atoms with Gasteiger partial charge in [0.15, 0.2) is 0 Å². The van der Waals surface area contributed by atoms with Crippen LogP contribution < -0.4 is 5.32 Å². The van der Waals surface area contributed by atoms with Crippen LogP contribution in [0.4, 0.5) is 0 Å². The molecule has 84 valence electrons. The first kappa shape index (κ1) is 12.0. The molecular formula is C12H25NO. The third kappa shape index (κ3) is 4.43. The lowest BCUT2D eigenvalue weighted by Gasteiger charge is -2.12. The molecule has 2 nitrogen and oxygen atoms in total. The van der Waals surface area contributed by atoms with Crippen molar-refractivity contribution in [2.45, 2.75) is 58.6 Å². The standard InChI is InChI=1S/C12H25NO/c1-4-5-11-8-12(9-13-11)14-7-6-10(2)3/h10-13H,4-9H2,1-3H3/t11-,12+/m1/s1. The van der Waals surface area contributed by atoms with Gasteiger partial charge in [-0.15, -0.1) is 0 Å². The second-order valence-corrected chi connectivity index (χ2v) is 4.80. The fourth-order valence-corrected chi connectivity index (χ4v) is 1.95. The summed E-state index contributed by atoms with van der Waals surface area (Å²) in [6.07, 6.45) is 5.45. The van der Waals surface area contributed by atoms with E-state index in [9.17, 15) is 0 Å². The molecule has 14 heavy (non-hydrogen) atoms. The SMILES string of the molecule is CCC[C@@H]1C[C@H](OCCC(C)C)CN1. The molecule has 0 saturated carbocycles. The van der Waals surface area contributed by atoms with E-state index in [1.807, 2.05) is 0 Å². The Bertz CT molecular complexity index is 147. The Morgan fingerprint density at radius 3 is 2.86 bits per heavy atom. The highest BCUT2D eigenvalue weighted by atomic mass is 16.5. The number of rotatable bonds is 6. The van der Waals surface area contributed by atoms with Crippen LogP contribution in [0, 0.1) is 5.92 Å². The van der Waals surface area contributed by atoms with Crippen LogP contribution in [0.15, 0.2) is 0 Å². The lowest BCUT2D eigenvalue weighted by Crippen LogP contribution is -2.21. The van der Waals surface area contributed by atoms with Crippen LogP contribution in [0.3, 0.4) is 0 Å². The summed E-state index contributed by atoms with van der Waals surface area (Å²) in [6, 6.07) is 0.712. The van der Waals surface area contributed by atoms with E-state index in [1.165, 1.54) is 25.7 Å². The highest BCUT2D eigenvalue weighted by Crippen LogP contribution is 2.15. The minimum absolute atomic E-state index is 0.477. The molecule has 0 aromatic carbocycles. The molecule has 0 aliphatic carbocycles. The van der Waals surface area contributed by atoms with Gasteiger partial charge in [-0.25, -0.2) is 0 Å². The zero-order valence-electron chi connectivity index (χ0n) is 9.88. The first-order valence-corrected chi connectivity index (χ1v) is 6.07. The fraction of sp³-hybridized carbons (Fsp3) is 1.00. The third-order valence-electron chi connectivity index (χ3n) is 2.87. The molecule has 1 N–H and O–H groups in total. The molecule has 0 spiro atoms. The van der Waals surface area contributed by atoms with Crippen molar-refractivity contribution in [2.75, 3.05) is 13.2 Å². The molecule has 1 rings (SSSR count). The van der Waals surface area contributed by atoms with Gasteiger partial charge in [0.25, 0.3) is 0 Å². The molecule has 1 heterocycles. The molecule has 0 amide bonds. The Morgan fingerprint density at radius 1 is 1.43 bits per heavy atom. The summed E-state index contributed by atoms with van der Waals surface area (Å²) in [7, 11) is 0. The van der Waals surface area contributed by atoms with Crippen molar-refractivity contribution in [3.63, 3.8) is 0 Å². The van der Waals surface area contributed by atoms with Gasteiger partial charge < -0.3 is 10.1 Å². The zero-order valence-corrected chi connectivity index (χ0v) is 9.88. The summed E-state index contributed by atoms with van der Waals surface area (Å²) in [6.45, 7) is 8.73. The van der Waals surface area contributed by atoms with Crippen molar-refractivity contribution in [3.8, 4) is 0 Å². The van der Waals surface area contributed by atoms with E-state index in [0.29, 0.717) is 12.1 Å². The lowest BCUT2D eigenvalue weighted by molar-refractivity contribution is 0.0580. The topological polar surface area (TPSA) is 21.3 Å². The summed E-state index contributed by atoms with van der Waals surface area (Å²) in [5, 5.41) is 3.52. The van der Waals surface area contributed by atoms with E-state index in [-0.39, 0.29) is 0 Å². The quantitative estimate of drug-likeness (QED) is 0.710. The number of nitrogens with one attached hydrogen (secondary N) is 1. The third-order valence-corrected chi connectivity index (χ3v) is 2.87. The predicted molar refractivity (Wildman–Crippen MR) is 60.5 cm³/mol. The Morgan fingerprint density at radius 2 is 2.21 bits per heavy atom. The maximum Gasteiger partial charge on any atom is 0.0714 e. The summed E-state index contributed by atoms with van der Waals surface area (Å²) >= 11 is 0. The van der Waals surface area contributed by atoms with E-state index in [0.717, 1.165) is 19.1 Å². The van der Waals surface area contributed by atoms with Crippen LogP contribution in [0.25, 0.3) is 0 Å². The predicted octanol–water partition coefficient (Wildman–Crippen LogP) is 2.58. The second kappa shape index (κ2) is 6.41. The van der Waals surface area contributed by atoms with Crippen molar-refractivity contribution in [1.29, 1.82) is 0 Å². The van der Waals surface area contributed by atoms with Crippen LogP contribution in [-0.4, -0.2) is 25.3 Å². The van der Waals surface area contributed by atoms with Gasteiger partial charge in [0.1, 0.15) is 0 Å². The van der Waals surface area contributed by atoms with Gasteiger partial charge in [-0.3, -0.25) is 0 Å². The Kier molecular flexibility index (Phi) is 5.49. The van der Waals surface area contributed by atoms with Crippen LogP contribution in [0.5, 0.6) is 0 Å². The van der Waals surface area contributed by atoms with E-state index in [4.69, 9.17) is 4.74 Å². The summed E-state index contributed by atoms with van der Waals surface area (Å²) in [5.41, 5.74) is 0. The van der Waals surface area contributed by atoms with Gasteiger partial charge in [0.2, 0.25) is 0 Å².